The second-order valence-electron chi connectivity index (χ2n) is 11.9. The van der Waals surface area contributed by atoms with E-state index >= 15 is 4.39 Å². The number of aldehydes is 1. The van der Waals surface area contributed by atoms with Gasteiger partial charge in [0.1, 0.15) is 17.9 Å². The molecule has 0 spiro atoms. The van der Waals surface area contributed by atoms with Gasteiger partial charge in [0.15, 0.2) is 0 Å². The molecule has 192 valence electrons. The molecule has 1 amide bonds. The Kier molecular flexibility index (Phi) is 6.69. The molecule has 2 aromatic carbocycles. The highest BCUT2D eigenvalue weighted by Crippen LogP contribution is 2.48. The lowest BCUT2D eigenvalue weighted by molar-refractivity contribution is -0.128. The minimum atomic E-state index is -0.878. The molecule has 5 rings (SSSR count). The Bertz CT molecular complexity index is 1140. The van der Waals surface area contributed by atoms with Crippen LogP contribution in [0.25, 0.3) is 11.1 Å². The second kappa shape index (κ2) is 9.64. The van der Waals surface area contributed by atoms with E-state index in [0.29, 0.717) is 0 Å². The number of hydrogen-bond donors (Lipinski definition) is 1. The Morgan fingerprint density at radius 2 is 1.81 bits per heavy atom. The number of carbonyl (C=O) groups excluding carboxylic acids is 2. The van der Waals surface area contributed by atoms with Crippen LogP contribution in [0.5, 0.6) is 5.75 Å². The number of halogens is 1. The van der Waals surface area contributed by atoms with Gasteiger partial charge in [-0.25, -0.2) is 4.39 Å². The van der Waals surface area contributed by atoms with Crippen LogP contribution in [-0.2, 0) is 15.0 Å². The zero-order valence-electron chi connectivity index (χ0n) is 21.7. The summed E-state index contributed by atoms with van der Waals surface area (Å²) in [7, 11) is 0. The highest BCUT2D eigenvalue weighted by molar-refractivity contribution is 5.90. The molecule has 0 saturated heterocycles. The average molecular weight is 492 g/mol. The van der Waals surface area contributed by atoms with Gasteiger partial charge in [0.05, 0.1) is 17.6 Å². The molecule has 0 radical (unpaired) electrons. The van der Waals surface area contributed by atoms with Crippen molar-refractivity contribution in [3.8, 4) is 16.9 Å². The quantitative estimate of drug-likeness (QED) is 0.391. The monoisotopic (exact) mass is 491 g/mol. The number of rotatable bonds is 9. The maximum atomic E-state index is 15.2. The highest BCUT2D eigenvalue weighted by Gasteiger charge is 2.47. The van der Waals surface area contributed by atoms with Crippen LogP contribution in [0.4, 0.5) is 4.39 Å². The van der Waals surface area contributed by atoms with Gasteiger partial charge in [-0.05, 0) is 111 Å². The lowest BCUT2D eigenvalue weighted by Gasteiger charge is -2.31. The molecule has 1 unspecified atom stereocenters. The third-order valence-electron chi connectivity index (χ3n) is 8.93. The molecular formula is C31H38FNO3. The lowest BCUT2D eigenvalue weighted by atomic mass is 9.76. The molecule has 36 heavy (non-hydrogen) atoms. The van der Waals surface area contributed by atoms with Crippen molar-refractivity contribution in [3.63, 3.8) is 0 Å². The van der Waals surface area contributed by atoms with E-state index in [9.17, 15) is 9.59 Å². The van der Waals surface area contributed by atoms with Crippen LogP contribution < -0.4 is 10.1 Å². The molecule has 3 aliphatic carbocycles. The largest absolute Gasteiger partial charge is 0.490 e. The molecule has 2 aromatic rings. The van der Waals surface area contributed by atoms with Crippen molar-refractivity contribution in [2.45, 2.75) is 102 Å². The van der Waals surface area contributed by atoms with Crippen LogP contribution >= 0.6 is 0 Å². The van der Waals surface area contributed by atoms with Gasteiger partial charge in [-0.15, -0.1) is 0 Å². The van der Waals surface area contributed by atoms with Gasteiger partial charge in [0.2, 0.25) is 5.91 Å². The van der Waals surface area contributed by atoms with Gasteiger partial charge in [-0.2, -0.15) is 0 Å². The first kappa shape index (κ1) is 25.0. The molecule has 1 atom stereocenters. The third-order valence-corrected chi connectivity index (χ3v) is 8.93. The van der Waals surface area contributed by atoms with E-state index in [1.165, 1.54) is 0 Å². The Morgan fingerprint density at radius 1 is 1.08 bits per heavy atom. The standard InChI is InChI=1S/C31H38FNO3/c1-30(2,29(35)33-27(19-34)31(3)16-17-31)21-14-15-26(36-22-10-4-5-11-22)24(18-21)23-12-7-13-25(32)28(23)20-8-6-9-20/h7,12-15,18-20,22,27H,4-6,8-11,16-17H2,1-3H3,(H,33,35). The third kappa shape index (κ3) is 4.69. The van der Waals surface area contributed by atoms with Crippen LogP contribution in [0.2, 0.25) is 0 Å². The lowest BCUT2D eigenvalue weighted by Crippen LogP contribution is -2.48. The zero-order chi connectivity index (χ0) is 25.5. The van der Waals surface area contributed by atoms with Gasteiger partial charge < -0.3 is 14.8 Å². The maximum absolute atomic E-state index is 15.2. The fourth-order valence-corrected chi connectivity index (χ4v) is 5.63. The van der Waals surface area contributed by atoms with E-state index in [0.717, 1.165) is 92.1 Å². The van der Waals surface area contributed by atoms with Crippen LogP contribution in [0.15, 0.2) is 36.4 Å². The first-order chi connectivity index (χ1) is 17.2. The smallest absolute Gasteiger partial charge is 0.230 e. The molecule has 0 aliphatic heterocycles. The summed E-state index contributed by atoms with van der Waals surface area (Å²) in [6.45, 7) is 5.81. The fourth-order valence-electron chi connectivity index (χ4n) is 5.63. The Labute approximate surface area is 214 Å². The van der Waals surface area contributed by atoms with Crippen molar-refractivity contribution in [1.82, 2.24) is 5.32 Å². The summed E-state index contributed by atoms with van der Waals surface area (Å²) in [5, 5.41) is 3.00. The topological polar surface area (TPSA) is 55.4 Å². The predicted molar refractivity (Wildman–Crippen MR) is 140 cm³/mol. The number of carbonyl (C=O) groups is 2. The summed E-state index contributed by atoms with van der Waals surface area (Å²) in [5.74, 6) is 0.622. The SMILES string of the molecule is CC(C)(C(=O)NC(C=O)C1(C)CC1)c1ccc(OC2CCCC2)c(-c2cccc(F)c2C2CCC2)c1. The molecule has 3 fully saturated rings. The fraction of sp³-hybridized carbons (Fsp3) is 0.548. The highest BCUT2D eigenvalue weighted by atomic mass is 19.1. The van der Waals surface area contributed by atoms with Crippen molar-refractivity contribution in [3.05, 3.63) is 53.3 Å². The minimum Gasteiger partial charge on any atom is -0.490 e. The Morgan fingerprint density at radius 3 is 2.42 bits per heavy atom. The minimum absolute atomic E-state index is 0.142. The number of benzene rings is 2. The zero-order valence-corrected chi connectivity index (χ0v) is 21.7. The van der Waals surface area contributed by atoms with Crippen molar-refractivity contribution < 1.29 is 18.7 Å². The molecule has 5 heteroatoms. The van der Waals surface area contributed by atoms with Gasteiger partial charge in [0, 0.05) is 5.56 Å². The van der Waals surface area contributed by atoms with E-state index in [-0.39, 0.29) is 29.2 Å². The summed E-state index contributed by atoms with van der Waals surface area (Å²) in [6, 6.07) is 10.7. The van der Waals surface area contributed by atoms with Gasteiger partial charge in [-0.3, -0.25) is 4.79 Å². The first-order valence-electron chi connectivity index (χ1n) is 13.6. The van der Waals surface area contributed by atoms with E-state index in [1.807, 2.05) is 45.0 Å². The molecule has 0 bridgehead atoms. The molecular weight excluding hydrogens is 453 g/mol. The molecule has 0 heterocycles. The summed E-state index contributed by atoms with van der Waals surface area (Å²) in [6.07, 6.45) is 10.4. The van der Waals surface area contributed by atoms with E-state index in [2.05, 4.69) is 5.32 Å². The summed E-state index contributed by atoms with van der Waals surface area (Å²) >= 11 is 0. The summed E-state index contributed by atoms with van der Waals surface area (Å²) in [5.41, 5.74) is 2.28. The van der Waals surface area contributed by atoms with Crippen molar-refractivity contribution in [2.24, 2.45) is 5.41 Å². The number of amides is 1. The van der Waals surface area contributed by atoms with Crippen LogP contribution in [0.1, 0.15) is 95.6 Å². The van der Waals surface area contributed by atoms with Crippen LogP contribution in [0.3, 0.4) is 0 Å². The second-order valence-corrected chi connectivity index (χ2v) is 11.9. The Hall–Kier alpha value is -2.69. The van der Waals surface area contributed by atoms with Crippen molar-refractivity contribution in [1.29, 1.82) is 0 Å². The summed E-state index contributed by atoms with van der Waals surface area (Å²) in [4.78, 5) is 25.2. The normalized spacial score (nSPS) is 20.4. The van der Waals surface area contributed by atoms with Crippen molar-refractivity contribution in [2.75, 3.05) is 0 Å². The van der Waals surface area contributed by atoms with Gasteiger partial charge in [-0.1, -0.05) is 31.5 Å². The maximum Gasteiger partial charge on any atom is 0.230 e. The van der Waals surface area contributed by atoms with Crippen LogP contribution in [0, 0.1) is 11.2 Å². The van der Waals surface area contributed by atoms with Crippen molar-refractivity contribution >= 4 is 12.2 Å². The van der Waals surface area contributed by atoms with Gasteiger partial charge in [0.25, 0.3) is 0 Å². The number of hydrogen-bond acceptors (Lipinski definition) is 3. The van der Waals surface area contributed by atoms with Crippen LogP contribution in [-0.4, -0.2) is 24.3 Å². The molecule has 0 aromatic heterocycles. The van der Waals surface area contributed by atoms with Gasteiger partial charge >= 0.3 is 0 Å². The number of nitrogens with one attached hydrogen (secondary N) is 1. The predicted octanol–water partition coefficient (Wildman–Crippen LogP) is 6.84. The average Bonchev–Trinajstić information content (AvgIpc) is 3.36. The van der Waals surface area contributed by atoms with E-state index < -0.39 is 11.5 Å². The number of ether oxygens (including phenoxy) is 1. The molecule has 3 aliphatic rings. The van der Waals surface area contributed by atoms with E-state index in [1.54, 1.807) is 12.1 Å². The molecule has 4 nitrogen and oxygen atoms in total. The summed E-state index contributed by atoms with van der Waals surface area (Å²) < 4.78 is 21.6. The Balaban J connectivity index is 1.53. The first-order valence-corrected chi connectivity index (χ1v) is 13.6. The molecule has 1 N–H and O–H groups in total. The molecule has 3 saturated carbocycles. The van der Waals surface area contributed by atoms with E-state index in [4.69, 9.17) is 4.74 Å².